The van der Waals surface area contributed by atoms with Crippen LogP contribution in [0.15, 0.2) is 17.1 Å². The van der Waals surface area contributed by atoms with Gasteiger partial charge in [0.15, 0.2) is 5.96 Å². The fourth-order valence-corrected chi connectivity index (χ4v) is 1.72. The minimum Gasteiger partial charge on any atom is -0.396 e. The third kappa shape index (κ3) is 4.75. The van der Waals surface area contributed by atoms with Gasteiger partial charge in [-0.05, 0) is 19.8 Å². The van der Waals surface area contributed by atoms with Crippen molar-refractivity contribution in [2.75, 3.05) is 32.9 Å². The fourth-order valence-electron chi connectivity index (χ4n) is 1.72. The van der Waals surface area contributed by atoms with Gasteiger partial charge in [-0.25, -0.2) is 0 Å². The van der Waals surface area contributed by atoms with Crippen molar-refractivity contribution in [1.82, 2.24) is 5.32 Å². The number of nitrogens with two attached hydrogens (primary N) is 1. The van der Waals surface area contributed by atoms with Gasteiger partial charge in [-0.15, -0.1) is 0 Å². The minimum absolute atomic E-state index is 0.133. The molecule has 0 unspecified atom stereocenters. The Morgan fingerprint density at radius 3 is 2.71 bits per heavy atom. The molecule has 17 heavy (non-hydrogen) atoms. The highest BCUT2D eigenvalue weighted by Crippen LogP contribution is 2.30. The molecule has 0 bridgehead atoms. The molecule has 0 atom stereocenters. The molecule has 1 fully saturated rings. The molecule has 0 spiro atoms. The van der Waals surface area contributed by atoms with Crippen molar-refractivity contribution in [2.45, 2.75) is 19.8 Å². The van der Waals surface area contributed by atoms with Gasteiger partial charge in [0.2, 0.25) is 0 Å². The van der Waals surface area contributed by atoms with E-state index in [2.05, 4.69) is 16.9 Å². The first-order valence-electron chi connectivity index (χ1n) is 5.95. The highest BCUT2D eigenvalue weighted by Gasteiger charge is 2.31. The van der Waals surface area contributed by atoms with E-state index in [1.165, 1.54) is 0 Å². The molecule has 4 N–H and O–H groups in total. The first-order valence-corrected chi connectivity index (χ1v) is 5.95. The summed E-state index contributed by atoms with van der Waals surface area (Å²) >= 11 is 0. The summed E-state index contributed by atoms with van der Waals surface area (Å²) in [6, 6.07) is 0. The molecule has 0 aliphatic carbocycles. The Morgan fingerprint density at radius 2 is 2.18 bits per heavy atom. The van der Waals surface area contributed by atoms with Crippen LogP contribution in [0.2, 0.25) is 0 Å². The van der Waals surface area contributed by atoms with Gasteiger partial charge >= 0.3 is 0 Å². The van der Waals surface area contributed by atoms with Gasteiger partial charge in [-0.3, -0.25) is 4.99 Å². The van der Waals surface area contributed by atoms with E-state index in [0.717, 1.165) is 18.4 Å². The number of hydrogen-bond acceptors (Lipinski definition) is 3. The molecule has 1 saturated heterocycles. The number of aliphatic imine (C=N–C) groups is 1. The van der Waals surface area contributed by atoms with E-state index < -0.39 is 0 Å². The number of aliphatic hydroxyl groups excluding tert-OH is 1. The Hall–Kier alpha value is -1.07. The van der Waals surface area contributed by atoms with Crippen LogP contribution in [-0.2, 0) is 4.74 Å². The zero-order valence-electron chi connectivity index (χ0n) is 10.5. The maximum atomic E-state index is 9.47. The molecule has 0 amide bonds. The molecule has 5 nitrogen and oxygen atoms in total. The van der Waals surface area contributed by atoms with E-state index in [1.807, 2.05) is 6.92 Å². The van der Waals surface area contributed by atoms with Crippen molar-refractivity contribution in [3.8, 4) is 0 Å². The standard InChI is InChI=1S/C12H23N3O2/c1-10(2)7-14-11(13)15-8-12(9-16)3-5-17-6-4-12/h16H,1,3-9H2,2H3,(H3,13,14,15). The number of nitrogens with one attached hydrogen (secondary N) is 1. The molecule has 98 valence electrons. The molecule has 5 heteroatoms. The summed E-state index contributed by atoms with van der Waals surface area (Å²) in [5, 5.41) is 12.5. The fraction of sp³-hybridized carbons (Fsp3) is 0.750. The summed E-state index contributed by atoms with van der Waals surface area (Å²) in [6.07, 6.45) is 1.67. The molecule has 1 heterocycles. The van der Waals surface area contributed by atoms with Crippen molar-refractivity contribution in [1.29, 1.82) is 0 Å². The predicted molar refractivity (Wildman–Crippen MR) is 68.9 cm³/mol. The van der Waals surface area contributed by atoms with E-state index in [-0.39, 0.29) is 12.0 Å². The van der Waals surface area contributed by atoms with Crippen LogP contribution in [0.25, 0.3) is 0 Å². The highest BCUT2D eigenvalue weighted by molar-refractivity contribution is 5.78. The van der Waals surface area contributed by atoms with E-state index in [4.69, 9.17) is 10.5 Å². The zero-order chi connectivity index (χ0) is 12.7. The number of hydrogen-bond donors (Lipinski definition) is 3. The molecule has 0 aromatic carbocycles. The summed E-state index contributed by atoms with van der Waals surface area (Å²) in [5.41, 5.74) is 6.58. The quantitative estimate of drug-likeness (QED) is 0.366. The Kier molecular flexibility index (Phi) is 5.44. The maximum absolute atomic E-state index is 9.47. The molecule has 0 saturated carbocycles. The molecule has 1 rings (SSSR count). The van der Waals surface area contributed by atoms with Crippen LogP contribution < -0.4 is 11.1 Å². The smallest absolute Gasteiger partial charge is 0.188 e. The molecule has 1 aliphatic heterocycles. The van der Waals surface area contributed by atoms with Gasteiger partial charge in [-0.1, -0.05) is 12.2 Å². The molecule has 0 radical (unpaired) electrons. The molecular formula is C12H23N3O2. The lowest BCUT2D eigenvalue weighted by Crippen LogP contribution is -2.38. The van der Waals surface area contributed by atoms with E-state index in [0.29, 0.717) is 32.3 Å². The van der Waals surface area contributed by atoms with Crippen molar-refractivity contribution >= 4 is 5.96 Å². The third-order valence-corrected chi connectivity index (χ3v) is 3.04. The monoisotopic (exact) mass is 241 g/mol. The summed E-state index contributed by atoms with van der Waals surface area (Å²) in [6.45, 7) is 8.39. The first-order chi connectivity index (χ1) is 8.08. The largest absolute Gasteiger partial charge is 0.396 e. The van der Waals surface area contributed by atoms with Crippen LogP contribution in [0.3, 0.4) is 0 Å². The summed E-state index contributed by atoms with van der Waals surface area (Å²) in [4.78, 5) is 4.29. The average molecular weight is 241 g/mol. The topological polar surface area (TPSA) is 79.9 Å². The maximum Gasteiger partial charge on any atom is 0.188 e. The number of rotatable bonds is 5. The van der Waals surface area contributed by atoms with Crippen molar-refractivity contribution in [2.24, 2.45) is 16.1 Å². The van der Waals surface area contributed by atoms with Crippen molar-refractivity contribution in [3.63, 3.8) is 0 Å². The second-order valence-corrected chi connectivity index (χ2v) is 4.78. The molecule has 0 aromatic rings. The number of nitrogens with zero attached hydrogens (tertiary/aromatic N) is 1. The molecular weight excluding hydrogens is 218 g/mol. The Labute approximate surface area is 103 Å². The number of ether oxygens (including phenoxy) is 1. The highest BCUT2D eigenvalue weighted by atomic mass is 16.5. The zero-order valence-corrected chi connectivity index (χ0v) is 10.5. The number of guanidine groups is 1. The van der Waals surface area contributed by atoms with Crippen molar-refractivity contribution in [3.05, 3.63) is 12.2 Å². The Morgan fingerprint density at radius 1 is 1.53 bits per heavy atom. The average Bonchev–Trinajstić information content (AvgIpc) is 2.35. The van der Waals surface area contributed by atoms with Crippen molar-refractivity contribution < 1.29 is 9.84 Å². The predicted octanol–water partition coefficient (Wildman–Crippen LogP) is 0.256. The van der Waals surface area contributed by atoms with Gasteiger partial charge in [0.1, 0.15) is 0 Å². The number of aliphatic hydroxyl groups is 1. The van der Waals surface area contributed by atoms with Crippen LogP contribution in [0.1, 0.15) is 19.8 Å². The van der Waals surface area contributed by atoms with Gasteiger partial charge in [0.05, 0.1) is 13.2 Å². The minimum atomic E-state index is -0.159. The Bertz CT molecular complexity index is 283. The van der Waals surface area contributed by atoms with Gasteiger partial charge in [-0.2, -0.15) is 0 Å². The first kappa shape index (κ1) is 14.0. The van der Waals surface area contributed by atoms with Crippen LogP contribution in [0.4, 0.5) is 0 Å². The van der Waals surface area contributed by atoms with Crippen LogP contribution in [-0.4, -0.2) is 44.0 Å². The second-order valence-electron chi connectivity index (χ2n) is 4.78. The summed E-state index contributed by atoms with van der Waals surface area (Å²) in [7, 11) is 0. The SMILES string of the molecule is C=C(C)CNC(N)=NCC1(CO)CCOCC1. The lowest BCUT2D eigenvalue weighted by atomic mass is 9.81. The Balaban J connectivity index is 2.44. The van der Waals surface area contributed by atoms with Gasteiger partial charge in [0.25, 0.3) is 0 Å². The summed E-state index contributed by atoms with van der Waals surface area (Å²) in [5.74, 6) is 0.410. The third-order valence-electron chi connectivity index (χ3n) is 3.04. The van der Waals surface area contributed by atoms with E-state index in [9.17, 15) is 5.11 Å². The second kappa shape index (κ2) is 6.61. The summed E-state index contributed by atoms with van der Waals surface area (Å²) < 4.78 is 5.29. The van der Waals surface area contributed by atoms with Crippen LogP contribution in [0.5, 0.6) is 0 Å². The van der Waals surface area contributed by atoms with E-state index in [1.54, 1.807) is 0 Å². The van der Waals surface area contributed by atoms with Crippen LogP contribution in [0, 0.1) is 5.41 Å². The van der Waals surface area contributed by atoms with E-state index >= 15 is 0 Å². The molecule has 0 aromatic heterocycles. The normalized spacial score (nSPS) is 20.0. The lowest BCUT2D eigenvalue weighted by molar-refractivity contribution is -0.0105. The molecule has 1 aliphatic rings. The van der Waals surface area contributed by atoms with Gasteiger partial charge in [0, 0.05) is 25.2 Å². The lowest BCUT2D eigenvalue weighted by Gasteiger charge is -2.34. The van der Waals surface area contributed by atoms with Crippen LogP contribution >= 0.6 is 0 Å². The van der Waals surface area contributed by atoms with Gasteiger partial charge < -0.3 is 20.9 Å².